The molecule has 1 aliphatic carbocycles. The predicted molar refractivity (Wildman–Crippen MR) is 84.8 cm³/mol. The highest BCUT2D eigenvalue weighted by Gasteiger charge is 2.25. The molecule has 2 heteroatoms. The molecule has 0 aromatic heterocycles. The molecule has 110 valence electrons. The van der Waals surface area contributed by atoms with Crippen molar-refractivity contribution in [2.24, 2.45) is 0 Å². The summed E-state index contributed by atoms with van der Waals surface area (Å²) in [5.74, 6) is 1.36. The first-order chi connectivity index (χ1) is 10.2. The standard InChI is InChI=1S/C19H22O2/c1-13-10-11-17(18(12-13)21-2)19(20)16-9-4-3-8-15(16)14-6-5-7-14/h3-4,8-12,14,19-20H,5-7H2,1-2H3. The van der Waals surface area contributed by atoms with E-state index in [1.807, 2.05) is 37.3 Å². The van der Waals surface area contributed by atoms with Crippen LogP contribution in [0.5, 0.6) is 5.75 Å². The van der Waals surface area contributed by atoms with Crippen LogP contribution in [0.1, 0.15) is 53.5 Å². The van der Waals surface area contributed by atoms with Crippen LogP contribution in [0.3, 0.4) is 0 Å². The van der Waals surface area contributed by atoms with Gasteiger partial charge in [0, 0.05) is 5.56 Å². The van der Waals surface area contributed by atoms with Gasteiger partial charge in [0.15, 0.2) is 0 Å². The zero-order valence-electron chi connectivity index (χ0n) is 12.7. The first kappa shape index (κ1) is 14.2. The number of rotatable bonds is 4. The first-order valence-corrected chi connectivity index (χ1v) is 7.62. The lowest BCUT2D eigenvalue weighted by molar-refractivity contribution is 0.211. The van der Waals surface area contributed by atoms with E-state index < -0.39 is 6.10 Å². The van der Waals surface area contributed by atoms with Gasteiger partial charge in [-0.15, -0.1) is 0 Å². The molecule has 0 bridgehead atoms. The van der Waals surface area contributed by atoms with Gasteiger partial charge in [0.2, 0.25) is 0 Å². The van der Waals surface area contributed by atoms with E-state index in [4.69, 9.17) is 4.74 Å². The van der Waals surface area contributed by atoms with Crippen LogP contribution in [-0.4, -0.2) is 12.2 Å². The van der Waals surface area contributed by atoms with Crippen molar-refractivity contribution in [2.45, 2.75) is 38.2 Å². The second-order valence-corrected chi connectivity index (χ2v) is 5.90. The summed E-state index contributed by atoms with van der Waals surface area (Å²) in [6.07, 6.45) is 3.13. The van der Waals surface area contributed by atoms with Gasteiger partial charge in [-0.05, 0) is 48.4 Å². The van der Waals surface area contributed by atoms with Crippen molar-refractivity contribution in [3.63, 3.8) is 0 Å². The Morgan fingerprint density at radius 2 is 1.86 bits per heavy atom. The number of hydrogen-bond donors (Lipinski definition) is 1. The zero-order chi connectivity index (χ0) is 14.8. The van der Waals surface area contributed by atoms with Crippen LogP contribution in [0.2, 0.25) is 0 Å². The van der Waals surface area contributed by atoms with Crippen molar-refractivity contribution >= 4 is 0 Å². The maximum absolute atomic E-state index is 10.9. The molecule has 2 aromatic carbocycles. The van der Waals surface area contributed by atoms with Gasteiger partial charge < -0.3 is 9.84 Å². The minimum atomic E-state index is -0.627. The largest absolute Gasteiger partial charge is 0.496 e. The molecule has 1 N–H and O–H groups in total. The van der Waals surface area contributed by atoms with Gasteiger partial charge in [-0.25, -0.2) is 0 Å². The SMILES string of the molecule is COc1cc(C)ccc1C(O)c1ccccc1C1CCC1. The average Bonchev–Trinajstić information content (AvgIpc) is 2.45. The summed E-state index contributed by atoms with van der Waals surface area (Å²) in [7, 11) is 1.66. The van der Waals surface area contributed by atoms with Crippen molar-refractivity contribution in [2.75, 3.05) is 7.11 Å². The zero-order valence-corrected chi connectivity index (χ0v) is 12.7. The summed E-state index contributed by atoms with van der Waals surface area (Å²) in [5.41, 5.74) is 4.29. The molecular weight excluding hydrogens is 260 g/mol. The molecule has 3 rings (SSSR count). The van der Waals surface area contributed by atoms with Gasteiger partial charge in [0.05, 0.1) is 7.11 Å². The van der Waals surface area contributed by atoms with Gasteiger partial charge in [0.1, 0.15) is 11.9 Å². The van der Waals surface area contributed by atoms with E-state index in [0.717, 1.165) is 22.4 Å². The number of benzene rings is 2. The maximum atomic E-state index is 10.9. The van der Waals surface area contributed by atoms with Crippen LogP contribution in [0.15, 0.2) is 42.5 Å². The third-order valence-electron chi connectivity index (χ3n) is 4.52. The Hall–Kier alpha value is -1.80. The quantitative estimate of drug-likeness (QED) is 0.903. The monoisotopic (exact) mass is 282 g/mol. The Morgan fingerprint density at radius 3 is 2.52 bits per heavy atom. The summed E-state index contributed by atoms with van der Waals surface area (Å²) < 4.78 is 5.45. The minimum Gasteiger partial charge on any atom is -0.496 e. The van der Waals surface area contributed by atoms with Crippen LogP contribution in [0.4, 0.5) is 0 Å². The van der Waals surface area contributed by atoms with Gasteiger partial charge in [-0.1, -0.05) is 42.8 Å². The Balaban J connectivity index is 2.00. The fourth-order valence-electron chi connectivity index (χ4n) is 3.06. The summed E-state index contributed by atoms with van der Waals surface area (Å²) in [5, 5.41) is 10.9. The molecule has 1 unspecified atom stereocenters. The van der Waals surface area contributed by atoms with Crippen molar-refractivity contribution in [3.8, 4) is 5.75 Å². The highest BCUT2D eigenvalue weighted by atomic mass is 16.5. The molecule has 2 nitrogen and oxygen atoms in total. The number of aryl methyl sites for hydroxylation is 1. The highest BCUT2D eigenvalue weighted by molar-refractivity contribution is 5.45. The van der Waals surface area contributed by atoms with E-state index in [9.17, 15) is 5.11 Å². The molecule has 21 heavy (non-hydrogen) atoms. The number of methoxy groups -OCH3 is 1. The Bertz CT molecular complexity index is 629. The molecule has 0 aliphatic heterocycles. The first-order valence-electron chi connectivity index (χ1n) is 7.62. The molecule has 1 atom stereocenters. The van der Waals surface area contributed by atoms with E-state index in [0.29, 0.717) is 5.92 Å². The minimum absolute atomic E-state index is 0.604. The lowest BCUT2D eigenvalue weighted by Gasteiger charge is -2.29. The Morgan fingerprint density at radius 1 is 1.10 bits per heavy atom. The van der Waals surface area contributed by atoms with Crippen molar-refractivity contribution in [3.05, 3.63) is 64.7 Å². The normalized spacial score (nSPS) is 16.3. The summed E-state index contributed by atoms with van der Waals surface area (Å²) in [4.78, 5) is 0. The Labute approximate surface area is 126 Å². The maximum Gasteiger partial charge on any atom is 0.125 e. The summed E-state index contributed by atoms with van der Waals surface area (Å²) >= 11 is 0. The van der Waals surface area contributed by atoms with E-state index in [2.05, 4.69) is 12.1 Å². The molecule has 0 heterocycles. The number of hydrogen-bond acceptors (Lipinski definition) is 2. The van der Waals surface area contributed by atoms with Gasteiger partial charge >= 0.3 is 0 Å². The topological polar surface area (TPSA) is 29.5 Å². The summed E-state index contributed by atoms with van der Waals surface area (Å²) in [6.45, 7) is 2.03. The smallest absolute Gasteiger partial charge is 0.125 e. The number of ether oxygens (including phenoxy) is 1. The predicted octanol–water partition coefficient (Wildman–Crippen LogP) is 4.35. The lowest BCUT2D eigenvalue weighted by atomic mass is 9.77. The van der Waals surface area contributed by atoms with Crippen molar-refractivity contribution in [1.82, 2.24) is 0 Å². The van der Waals surface area contributed by atoms with Gasteiger partial charge in [-0.2, -0.15) is 0 Å². The molecule has 0 amide bonds. The van der Waals surface area contributed by atoms with E-state index in [-0.39, 0.29) is 0 Å². The molecule has 0 radical (unpaired) electrons. The average molecular weight is 282 g/mol. The number of aliphatic hydroxyl groups excluding tert-OH is 1. The second-order valence-electron chi connectivity index (χ2n) is 5.90. The molecular formula is C19H22O2. The third-order valence-corrected chi connectivity index (χ3v) is 4.52. The van der Waals surface area contributed by atoms with E-state index >= 15 is 0 Å². The second kappa shape index (κ2) is 5.90. The fourth-order valence-corrected chi connectivity index (χ4v) is 3.06. The fraction of sp³-hybridized carbons (Fsp3) is 0.368. The van der Waals surface area contributed by atoms with Gasteiger partial charge in [0.25, 0.3) is 0 Å². The molecule has 1 fully saturated rings. The van der Waals surface area contributed by atoms with E-state index in [1.54, 1.807) is 7.11 Å². The molecule has 1 aliphatic rings. The third kappa shape index (κ3) is 2.68. The lowest BCUT2D eigenvalue weighted by Crippen LogP contribution is -2.14. The van der Waals surface area contributed by atoms with Crippen molar-refractivity contribution < 1.29 is 9.84 Å². The molecule has 1 saturated carbocycles. The van der Waals surface area contributed by atoms with Crippen LogP contribution in [0, 0.1) is 6.92 Å². The van der Waals surface area contributed by atoms with Crippen LogP contribution in [-0.2, 0) is 0 Å². The molecule has 0 spiro atoms. The van der Waals surface area contributed by atoms with Crippen LogP contribution < -0.4 is 4.74 Å². The van der Waals surface area contributed by atoms with Crippen LogP contribution >= 0.6 is 0 Å². The Kier molecular flexibility index (Phi) is 3.98. The van der Waals surface area contributed by atoms with Gasteiger partial charge in [-0.3, -0.25) is 0 Å². The highest BCUT2D eigenvalue weighted by Crippen LogP contribution is 2.41. The summed E-state index contributed by atoms with van der Waals surface area (Å²) in [6, 6.07) is 14.2. The molecule has 2 aromatic rings. The van der Waals surface area contributed by atoms with Crippen LogP contribution in [0.25, 0.3) is 0 Å². The number of aliphatic hydroxyl groups is 1. The molecule has 0 saturated heterocycles. The van der Waals surface area contributed by atoms with Crippen molar-refractivity contribution in [1.29, 1.82) is 0 Å². The van der Waals surface area contributed by atoms with E-state index in [1.165, 1.54) is 24.8 Å².